The monoisotopic (exact) mass is 283 g/mol. The molecule has 2 rings (SSSR count). The molecule has 88 valence electrons. The fourth-order valence-electron chi connectivity index (χ4n) is 2.13. The highest BCUT2D eigenvalue weighted by molar-refractivity contribution is 9.10. The van der Waals surface area contributed by atoms with Crippen molar-refractivity contribution < 1.29 is 4.74 Å². The highest BCUT2D eigenvalue weighted by Crippen LogP contribution is 2.16. The van der Waals surface area contributed by atoms with Crippen LogP contribution in [0.1, 0.15) is 18.4 Å². The second kappa shape index (κ2) is 5.80. The van der Waals surface area contributed by atoms with Gasteiger partial charge in [-0.05, 0) is 44.1 Å². The number of likely N-dealkylation sites (tertiary alicyclic amines) is 1. The van der Waals surface area contributed by atoms with Crippen molar-refractivity contribution in [2.24, 2.45) is 0 Å². The van der Waals surface area contributed by atoms with Gasteiger partial charge in [0.2, 0.25) is 0 Å². The first kappa shape index (κ1) is 12.1. The van der Waals surface area contributed by atoms with Crippen LogP contribution >= 0.6 is 15.9 Å². The molecule has 1 aliphatic rings. The van der Waals surface area contributed by atoms with E-state index >= 15 is 0 Å². The van der Waals surface area contributed by atoms with Crippen molar-refractivity contribution in [2.75, 3.05) is 20.2 Å². The van der Waals surface area contributed by atoms with E-state index in [1.54, 1.807) is 0 Å². The Morgan fingerprint density at radius 3 is 3.06 bits per heavy atom. The van der Waals surface area contributed by atoms with Gasteiger partial charge in [-0.1, -0.05) is 28.1 Å². The largest absolute Gasteiger partial charge is 0.375 e. The molecule has 0 aliphatic carbocycles. The number of nitrogens with zero attached hydrogens (tertiary/aromatic N) is 1. The maximum absolute atomic E-state index is 5.77. The zero-order valence-corrected chi connectivity index (χ0v) is 11.2. The van der Waals surface area contributed by atoms with Gasteiger partial charge in [-0.3, -0.25) is 0 Å². The zero-order valence-electron chi connectivity index (χ0n) is 9.66. The Morgan fingerprint density at radius 1 is 1.50 bits per heavy atom. The predicted octanol–water partition coefficient (Wildman–Crippen LogP) is 3.06. The molecule has 1 aliphatic heterocycles. The molecule has 0 spiro atoms. The number of likely N-dealkylation sites (N-methyl/N-ethyl adjacent to an activating group) is 1. The maximum Gasteiger partial charge on any atom is 0.0718 e. The molecule has 0 amide bonds. The Labute approximate surface area is 106 Å². The molecule has 1 atom stereocenters. The molecule has 0 aromatic heterocycles. The molecule has 1 fully saturated rings. The predicted molar refractivity (Wildman–Crippen MR) is 69.5 cm³/mol. The Kier molecular flexibility index (Phi) is 4.38. The zero-order chi connectivity index (χ0) is 11.4. The van der Waals surface area contributed by atoms with Gasteiger partial charge in [0.25, 0.3) is 0 Å². The summed E-state index contributed by atoms with van der Waals surface area (Å²) in [6, 6.07) is 8.91. The fourth-order valence-corrected chi connectivity index (χ4v) is 2.58. The van der Waals surface area contributed by atoms with E-state index in [-0.39, 0.29) is 0 Å². The van der Waals surface area contributed by atoms with E-state index in [0.717, 1.165) is 11.1 Å². The molecule has 1 heterocycles. The Bertz CT molecular complexity index is 342. The average molecular weight is 284 g/mol. The SMILES string of the molecule is CN1CCC[C@H]1COCc1cccc(Br)c1. The van der Waals surface area contributed by atoms with Crippen LogP contribution in [0.5, 0.6) is 0 Å². The van der Waals surface area contributed by atoms with E-state index in [9.17, 15) is 0 Å². The van der Waals surface area contributed by atoms with Crippen LogP contribution < -0.4 is 0 Å². The average Bonchev–Trinajstić information content (AvgIpc) is 2.65. The fraction of sp³-hybridized carbons (Fsp3) is 0.538. The minimum absolute atomic E-state index is 0.618. The van der Waals surface area contributed by atoms with Crippen molar-refractivity contribution in [3.05, 3.63) is 34.3 Å². The van der Waals surface area contributed by atoms with Gasteiger partial charge in [0.1, 0.15) is 0 Å². The van der Waals surface area contributed by atoms with Crippen LogP contribution in [0.3, 0.4) is 0 Å². The third-order valence-electron chi connectivity index (χ3n) is 3.14. The molecule has 1 aromatic carbocycles. The summed E-state index contributed by atoms with van der Waals surface area (Å²) in [7, 11) is 2.18. The van der Waals surface area contributed by atoms with Crippen LogP contribution in [0, 0.1) is 0 Å². The quantitative estimate of drug-likeness (QED) is 0.842. The van der Waals surface area contributed by atoms with Crippen LogP contribution in [0.4, 0.5) is 0 Å². The summed E-state index contributed by atoms with van der Waals surface area (Å²) in [6.07, 6.45) is 2.58. The molecule has 0 saturated carbocycles. The second-order valence-corrected chi connectivity index (χ2v) is 5.34. The lowest BCUT2D eigenvalue weighted by atomic mass is 10.2. The number of ether oxygens (including phenoxy) is 1. The van der Waals surface area contributed by atoms with Crippen LogP contribution in [0.15, 0.2) is 28.7 Å². The maximum atomic E-state index is 5.77. The van der Waals surface area contributed by atoms with Gasteiger partial charge in [-0.25, -0.2) is 0 Å². The van der Waals surface area contributed by atoms with Gasteiger partial charge >= 0.3 is 0 Å². The van der Waals surface area contributed by atoms with E-state index in [0.29, 0.717) is 12.6 Å². The Balaban J connectivity index is 1.75. The van der Waals surface area contributed by atoms with Crippen molar-refractivity contribution in [1.29, 1.82) is 0 Å². The van der Waals surface area contributed by atoms with Gasteiger partial charge in [-0.15, -0.1) is 0 Å². The van der Waals surface area contributed by atoms with Crippen molar-refractivity contribution in [1.82, 2.24) is 4.90 Å². The van der Waals surface area contributed by atoms with Gasteiger partial charge in [-0.2, -0.15) is 0 Å². The number of halogens is 1. The first-order valence-corrected chi connectivity index (χ1v) is 6.57. The number of benzene rings is 1. The molecule has 0 bridgehead atoms. The molecule has 0 radical (unpaired) electrons. The summed E-state index contributed by atoms with van der Waals surface area (Å²) in [5, 5.41) is 0. The molecule has 1 saturated heterocycles. The van der Waals surface area contributed by atoms with E-state index < -0.39 is 0 Å². The number of rotatable bonds is 4. The lowest BCUT2D eigenvalue weighted by Crippen LogP contribution is -2.29. The van der Waals surface area contributed by atoms with Crippen LogP contribution in [0.2, 0.25) is 0 Å². The third-order valence-corrected chi connectivity index (χ3v) is 3.63. The topological polar surface area (TPSA) is 12.5 Å². The second-order valence-electron chi connectivity index (χ2n) is 4.42. The van der Waals surface area contributed by atoms with Gasteiger partial charge in [0.15, 0.2) is 0 Å². The summed E-state index contributed by atoms with van der Waals surface area (Å²) in [4.78, 5) is 2.39. The molecule has 3 heteroatoms. The van der Waals surface area contributed by atoms with Crippen LogP contribution in [-0.2, 0) is 11.3 Å². The summed E-state index contributed by atoms with van der Waals surface area (Å²) < 4.78 is 6.88. The van der Waals surface area contributed by atoms with Crippen molar-refractivity contribution >= 4 is 15.9 Å². The minimum atomic E-state index is 0.618. The summed E-state index contributed by atoms with van der Waals surface area (Å²) in [6.45, 7) is 2.78. The number of hydrogen-bond acceptors (Lipinski definition) is 2. The van der Waals surface area contributed by atoms with Crippen LogP contribution in [0.25, 0.3) is 0 Å². The molecular formula is C13H18BrNO. The normalized spacial score (nSPS) is 21.5. The lowest BCUT2D eigenvalue weighted by Gasteiger charge is -2.19. The van der Waals surface area contributed by atoms with E-state index in [4.69, 9.17) is 4.74 Å². The van der Waals surface area contributed by atoms with Gasteiger partial charge < -0.3 is 9.64 Å². The highest BCUT2D eigenvalue weighted by atomic mass is 79.9. The molecule has 0 N–H and O–H groups in total. The summed E-state index contributed by atoms with van der Waals surface area (Å²) >= 11 is 3.47. The van der Waals surface area contributed by atoms with E-state index in [2.05, 4.69) is 40.0 Å². The van der Waals surface area contributed by atoms with Gasteiger partial charge in [0.05, 0.1) is 13.2 Å². The third kappa shape index (κ3) is 3.30. The smallest absolute Gasteiger partial charge is 0.0718 e. The lowest BCUT2D eigenvalue weighted by molar-refractivity contribution is 0.0749. The van der Waals surface area contributed by atoms with Crippen molar-refractivity contribution in [2.45, 2.75) is 25.5 Å². The molecule has 2 nitrogen and oxygen atoms in total. The highest BCUT2D eigenvalue weighted by Gasteiger charge is 2.20. The summed E-state index contributed by atoms with van der Waals surface area (Å²) in [5.74, 6) is 0. The molecule has 16 heavy (non-hydrogen) atoms. The minimum Gasteiger partial charge on any atom is -0.375 e. The standard InChI is InChI=1S/C13H18BrNO/c1-15-7-3-6-13(15)10-16-9-11-4-2-5-12(14)8-11/h2,4-5,8,13H,3,6-7,9-10H2,1H3/t13-/m0/s1. The van der Waals surface area contributed by atoms with Crippen molar-refractivity contribution in [3.63, 3.8) is 0 Å². The Morgan fingerprint density at radius 2 is 2.38 bits per heavy atom. The van der Waals surface area contributed by atoms with Gasteiger partial charge in [0, 0.05) is 10.5 Å². The molecule has 0 unspecified atom stereocenters. The molecule has 1 aromatic rings. The summed E-state index contributed by atoms with van der Waals surface area (Å²) in [5.41, 5.74) is 1.23. The number of hydrogen-bond donors (Lipinski definition) is 0. The van der Waals surface area contributed by atoms with E-state index in [1.807, 2.05) is 12.1 Å². The van der Waals surface area contributed by atoms with E-state index in [1.165, 1.54) is 24.9 Å². The first-order valence-electron chi connectivity index (χ1n) is 5.78. The molecular weight excluding hydrogens is 266 g/mol. The first-order chi connectivity index (χ1) is 7.75. The van der Waals surface area contributed by atoms with Crippen LogP contribution in [-0.4, -0.2) is 31.1 Å². The van der Waals surface area contributed by atoms with Crippen molar-refractivity contribution in [3.8, 4) is 0 Å². The Hall–Kier alpha value is -0.380.